The van der Waals surface area contributed by atoms with Gasteiger partial charge in [0.2, 0.25) is 0 Å². The molecule has 0 amide bonds. The Morgan fingerprint density at radius 1 is 1.00 bits per heavy atom. The zero-order valence-corrected chi connectivity index (χ0v) is 9.05. The first-order chi connectivity index (χ1) is 6.31. The van der Waals surface area contributed by atoms with Gasteiger partial charge in [-0.05, 0) is 12.8 Å². The minimum atomic E-state index is -0.776. The molecule has 0 aromatic carbocycles. The highest BCUT2D eigenvalue weighted by atomic mass is 16.6. The molecule has 1 unspecified atom stereocenters. The summed E-state index contributed by atoms with van der Waals surface area (Å²) in [5, 5.41) is 11.1. The van der Waals surface area contributed by atoms with E-state index >= 15 is 0 Å². The van der Waals surface area contributed by atoms with Crippen LogP contribution in [0.5, 0.6) is 0 Å². The van der Waals surface area contributed by atoms with Gasteiger partial charge in [-0.15, -0.1) is 0 Å². The van der Waals surface area contributed by atoms with Crippen molar-refractivity contribution in [1.82, 2.24) is 0 Å². The molecular weight excluding hydrogens is 164 g/mol. The summed E-state index contributed by atoms with van der Waals surface area (Å²) in [6.45, 7) is 4.92. The summed E-state index contributed by atoms with van der Waals surface area (Å²) in [5.74, 6) is 0. The maximum absolute atomic E-state index is 11.1. The van der Waals surface area contributed by atoms with Gasteiger partial charge < -0.3 is 4.74 Å². The molecule has 0 aliphatic heterocycles. The molecular formula is C11H23O2. The first kappa shape index (κ1) is 12.9. The van der Waals surface area contributed by atoms with Crippen molar-refractivity contribution in [2.45, 2.75) is 65.1 Å². The summed E-state index contributed by atoms with van der Waals surface area (Å²) in [6, 6.07) is 0. The highest BCUT2D eigenvalue weighted by Crippen LogP contribution is 2.05. The number of unbranched alkanes of at least 4 members (excludes halogenated alkanes) is 4. The monoisotopic (exact) mass is 187 g/mol. The molecule has 79 valence electrons. The second-order valence-corrected chi connectivity index (χ2v) is 3.50. The van der Waals surface area contributed by atoms with Gasteiger partial charge in [-0.3, -0.25) is 0 Å². The number of hydrogen-bond acceptors (Lipinski definition) is 1. The maximum Gasteiger partial charge on any atom is 0.191 e. The Labute approximate surface area is 82.3 Å². The van der Waals surface area contributed by atoms with Crippen LogP contribution in [0.1, 0.15) is 58.8 Å². The van der Waals surface area contributed by atoms with Crippen molar-refractivity contribution in [2.24, 2.45) is 0 Å². The van der Waals surface area contributed by atoms with Crippen LogP contribution in [0.3, 0.4) is 0 Å². The molecule has 0 saturated carbocycles. The van der Waals surface area contributed by atoms with E-state index in [-0.39, 0.29) is 0 Å². The van der Waals surface area contributed by atoms with Crippen LogP contribution in [0, 0.1) is 0 Å². The van der Waals surface area contributed by atoms with Crippen LogP contribution < -0.4 is 0 Å². The molecule has 2 heteroatoms. The average molecular weight is 187 g/mol. The van der Waals surface area contributed by atoms with Crippen molar-refractivity contribution in [1.29, 1.82) is 0 Å². The zero-order valence-electron chi connectivity index (χ0n) is 9.05. The van der Waals surface area contributed by atoms with Crippen LogP contribution >= 0.6 is 0 Å². The fourth-order valence-corrected chi connectivity index (χ4v) is 1.20. The molecule has 0 N–H and O–H groups in total. The molecule has 2 nitrogen and oxygen atoms in total. The molecule has 1 atom stereocenters. The van der Waals surface area contributed by atoms with Crippen LogP contribution in [-0.2, 0) is 9.84 Å². The van der Waals surface area contributed by atoms with Gasteiger partial charge in [0.05, 0.1) is 0 Å². The summed E-state index contributed by atoms with van der Waals surface area (Å²) >= 11 is 0. The van der Waals surface area contributed by atoms with E-state index in [0.717, 1.165) is 19.3 Å². The summed E-state index contributed by atoms with van der Waals surface area (Å²) in [4.78, 5) is 0. The van der Waals surface area contributed by atoms with E-state index < -0.39 is 6.29 Å². The number of ether oxygens (including phenoxy) is 1. The first-order valence-electron chi connectivity index (χ1n) is 5.58. The lowest BCUT2D eigenvalue weighted by Crippen LogP contribution is -2.10. The van der Waals surface area contributed by atoms with Crippen LogP contribution in [0.4, 0.5) is 0 Å². The van der Waals surface area contributed by atoms with Crippen LogP contribution in [0.15, 0.2) is 0 Å². The lowest BCUT2D eigenvalue weighted by molar-refractivity contribution is -0.144. The van der Waals surface area contributed by atoms with Gasteiger partial charge in [0.25, 0.3) is 0 Å². The smallest absolute Gasteiger partial charge is 0.191 e. The van der Waals surface area contributed by atoms with Crippen molar-refractivity contribution in [3.05, 3.63) is 0 Å². The molecule has 0 aromatic rings. The fraction of sp³-hybridized carbons (Fsp3) is 1.00. The Kier molecular flexibility index (Phi) is 9.94. The molecule has 0 bridgehead atoms. The lowest BCUT2D eigenvalue weighted by atomic mass is 10.2. The first-order valence-corrected chi connectivity index (χ1v) is 5.58. The van der Waals surface area contributed by atoms with Crippen LogP contribution in [-0.4, -0.2) is 12.9 Å². The largest absolute Gasteiger partial charge is 0.350 e. The molecule has 0 aromatic heterocycles. The quantitative estimate of drug-likeness (QED) is 0.401. The predicted molar refractivity (Wildman–Crippen MR) is 54.1 cm³/mol. The SMILES string of the molecule is CCCCCCOC([O])CCCC. The summed E-state index contributed by atoms with van der Waals surface area (Å²) in [6.07, 6.45) is 6.68. The third-order valence-electron chi connectivity index (χ3n) is 2.10. The Morgan fingerprint density at radius 3 is 2.31 bits per heavy atom. The third-order valence-corrected chi connectivity index (χ3v) is 2.10. The van der Waals surface area contributed by atoms with Crippen molar-refractivity contribution in [3.8, 4) is 0 Å². The number of rotatable bonds is 9. The Balaban J connectivity index is 3.03. The van der Waals surface area contributed by atoms with Crippen LogP contribution in [0.2, 0.25) is 0 Å². The molecule has 1 radical (unpaired) electrons. The number of hydrogen-bond donors (Lipinski definition) is 0. The van der Waals surface area contributed by atoms with Gasteiger partial charge in [-0.2, -0.15) is 0 Å². The lowest BCUT2D eigenvalue weighted by Gasteiger charge is -2.08. The molecule has 0 aliphatic carbocycles. The van der Waals surface area contributed by atoms with E-state index in [1.807, 2.05) is 0 Å². The van der Waals surface area contributed by atoms with Crippen molar-refractivity contribution in [2.75, 3.05) is 6.61 Å². The maximum atomic E-state index is 11.1. The van der Waals surface area contributed by atoms with E-state index in [2.05, 4.69) is 13.8 Å². The molecule has 0 saturated heterocycles. The van der Waals surface area contributed by atoms with E-state index in [1.54, 1.807) is 0 Å². The minimum Gasteiger partial charge on any atom is -0.350 e. The Morgan fingerprint density at radius 2 is 1.69 bits per heavy atom. The summed E-state index contributed by atoms with van der Waals surface area (Å²) in [7, 11) is 0. The normalized spacial score (nSPS) is 13.2. The highest BCUT2D eigenvalue weighted by molar-refractivity contribution is 4.44. The zero-order chi connectivity index (χ0) is 9.94. The van der Waals surface area contributed by atoms with Gasteiger partial charge in [0.15, 0.2) is 6.29 Å². The standard InChI is InChI=1S/C11H23O2/c1-3-5-7-8-10-13-11(12)9-6-4-2/h11H,3-10H2,1-2H3. The third kappa shape index (κ3) is 9.84. The average Bonchev–Trinajstić information content (AvgIpc) is 2.14. The van der Waals surface area contributed by atoms with E-state index in [0.29, 0.717) is 13.0 Å². The topological polar surface area (TPSA) is 29.1 Å². The molecule has 0 aliphatic rings. The van der Waals surface area contributed by atoms with Crippen molar-refractivity contribution < 1.29 is 9.84 Å². The summed E-state index contributed by atoms with van der Waals surface area (Å²) in [5.41, 5.74) is 0. The van der Waals surface area contributed by atoms with Gasteiger partial charge in [-0.1, -0.05) is 39.5 Å². The van der Waals surface area contributed by atoms with Gasteiger partial charge in [0.1, 0.15) is 0 Å². The minimum absolute atomic E-state index is 0.651. The summed E-state index contributed by atoms with van der Waals surface area (Å²) < 4.78 is 5.14. The highest BCUT2D eigenvalue weighted by Gasteiger charge is 2.03. The fourth-order valence-electron chi connectivity index (χ4n) is 1.20. The molecule has 0 spiro atoms. The van der Waals surface area contributed by atoms with E-state index in [1.165, 1.54) is 19.3 Å². The molecule has 0 heterocycles. The van der Waals surface area contributed by atoms with Crippen molar-refractivity contribution >= 4 is 0 Å². The van der Waals surface area contributed by atoms with E-state index in [9.17, 15) is 5.11 Å². The molecule has 0 fully saturated rings. The van der Waals surface area contributed by atoms with Gasteiger partial charge >= 0.3 is 0 Å². The Bertz CT molecular complexity index is 94.1. The van der Waals surface area contributed by atoms with Crippen molar-refractivity contribution in [3.63, 3.8) is 0 Å². The second kappa shape index (κ2) is 10.0. The second-order valence-electron chi connectivity index (χ2n) is 3.50. The van der Waals surface area contributed by atoms with E-state index in [4.69, 9.17) is 4.74 Å². The molecule has 13 heavy (non-hydrogen) atoms. The van der Waals surface area contributed by atoms with Gasteiger partial charge in [-0.25, -0.2) is 5.11 Å². The predicted octanol–water partition coefficient (Wildman–Crippen LogP) is 3.53. The molecule has 0 rings (SSSR count). The van der Waals surface area contributed by atoms with Crippen LogP contribution in [0.25, 0.3) is 0 Å². The Hall–Kier alpha value is -0.0800. The van der Waals surface area contributed by atoms with Gasteiger partial charge in [0, 0.05) is 13.0 Å².